The first-order chi connectivity index (χ1) is 13.7. The Kier molecular flexibility index (Phi) is 7.65. The molecule has 0 unspecified atom stereocenters. The highest BCUT2D eigenvalue weighted by Crippen LogP contribution is 2.27. The van der Waals surface area contributed by atoms with Gasteiger partial charge in [-0.05, 0) is 47.2 Å². The van der Waals surface area contributed by atoms with Gasteiger partial charge in [-0.15, -0.1) is 0 Å². The van der Waals surface area contributed by atoms with Gasteiger partial charge in [0, 0.05) is 6.54 Å². The SMILES string of the molecule is COc1ccc(CCNC(=O)COC(=O)c2ccc(C(C)(C)C)cc2)cc1OC. The Morgan fingerprint density at radius 2 is 1.59 bits per heavy atom. The fourth-order valence-electron chi connectivity index (χ4n) is 2.75. The van der Waals surface area contributed by atoms with Gasteiger partial charge in [-0.1, -0.05) is 39.0 Å². The van der Waals surface area contributed by atoms with E-state index in [9.17, 15) is 9.59 Å². The largest absolute Gasteiger partial charge is 0.493 e. The molecule has 0 aliphatic rings. The minimum atomic E-state index is -0.513. The molecule has 2 aromatic carbocycles. The van der Waals surface area contributed by atoms with Crippen molar-refractivity contribution in [2.75, 3.05) is 27.4 Å². The first-order valence-electron chi connectivity index (χ1n) is 9.50. The molecule has 0 saturated carbocycles. The fourth-order valence-corrected chi connectivity index (χ4v) is 2.75. The molecule has 0 fully saturated rings. The number of ether oxygens (including phenoxy) is 3. The number of rotatable bonds is 8. The fraction of sp³-hybridized carbons (Fsp3) is 0.391. The highest BCUT2D eigenvalue weighted by atomic mass is 16.5. The van der Waals surface area contributed by atoms with Crippen molar-refractivity contribution >= 4 is 11.9 Å². The van der Waals surface area contributed by atoms with E-state index in [1.165, 1.54) is 0 Å². The van der Waals surface area contributed by atoms with E-state index < -0.39 is 5.97 Å². The maximum absolute atomic E-state index is 12.1. The van der Waals surface area contributed by atoms with Gasteiger partial charge < -0.3 is 19.5 Å². The monoisotopic (exact) mass is 399 g/mol. The van der Waals surface area contributed by atoms with Gasteiger partial charge in [0.1, 0.15) is 0 Å². The Bertz CT molecular complexity index is 837. The molecule has 1 amide bonds. The predicted molar refractivity (Wildman–Crippen MR) is 112 cm³/mol. The van der Waals surface area contributed by atoms with Crippen LogP contribution in [0.1, 0.15) is 42.3 Å². The summed E-state index contributed by atoms with van der Waals surface area (Å²) in [6, 6.07) is 12.8. The van der Waals surface area contributed by atoms with Crippen molar-refractivity contribution in [3.05, 3.63) is 59.2 Å². The molecular weight excluding hydrogens is 370 g/mol. The summed E-state index contributed by atoms with van der Waals surface area (Å²) in [5.41, 5.74) is 2.56. The van der Waals surface area contributed by atoms with E-state index >= 15 is 0 Å². The van der Waals surface area contributed by atoms with Gasteiger partial charge in [0.25, 0.3) is 5.91 Å². The highest BCUT2D eigenvalue weighted by Gasteiger charge is 2.15. The second-order valence-corrected chi connectivity index (χ2v) is 7.69. The summed E-state index contributed by atoms with van der Waals surface area (Å²) in [6.07, 6.45) is 0.619. The van der Waals surface area contributed by atoms with Crippen molar-refractivity contribution in [3.63, 3.8) is 0 Å². The molecule has 0 aliphatic carbocycles. The molecular formula is C23H29NO5. The summed E-state index contributed by atoms with van der Waals surface area (Å²) >= 11 is 0. The minimum Gasteiger partial charge on any atom is -0.493 e. The maximum Gasteiger partial charge on any atom is 0.338 e. The van der Waals surface area contributed by atoms with E-state index in [-0.39, 0.29) is 17.9 Å². The van der Waals surface area contributed by atoms with Crippen LogP contribution < -0.4 is 14.8 Å². The van der Waals surface area contributed by atoms with Gasteiger partial charge in [0.05, 0.1) is 19.8 Å². The molecule has 0 saturated heterocycles. The maximum atomic E-state index is 12.1. The van der Waals surface area contributed by atoms with Crippen molar-refractivity contribution in [3.8, 4) is 11.5 Å². The molecule has 156 valence electrons. The molecule has 29 heavy (non-hydrogen) atoms. The lowest BCUT2D eigenvalue weighted by Gasteiger charge is -2.18. The van der Waals surface area contributed by atoms with Crippen molar-refractivity contribution < 1.29 is 23.8 Å². The van der Waals surface area contributed by atoms with Crippen LogP contribution in [-0.4, -0.2) is 39.2 Å². The standard InChI is InChI=1S/C23H29NO5/c1-23(2,3)18-9-7-17(8-10-18)22(26)29-15-21(25)24-13-12-16-6-11-19(27-4)20(14-16)28-5/h6-11,14H,12-13,15H2,1-5H3,(H,24,25). The Morgan fingerprint density at radius 1 is 0.931 bits per heavy atom. The molecule has 0 heterocycles. The predicted octanol–water partition coefficient (Wildman–Crippen LogP) is 3.52. The zero-order valence-electron chi connectivity index (χ0n) is 17.7. The second-order valence-electron chi connectivity index (χ2n) is 7.69. The normalized spacial score (nSPS) is 10.9. The highest BCUT2D eigenvalue weighted by molar-refractivity contribution is 5.91. The Morgan fingerprint density at radius 3 is 2.17 bits per heavy atom. The number of methoxy groups -OCH3 is 2. The van der Waals surface area contributed by atoms with Gasteiger partial charge in [-0.3, -0.25) is 4.79 Å². The van der Waals surface area contributed by atoms with Gasteiger partial charge in [-0.2, -0.15) is 0 Å². The van der Waals surface area contributed by atoms with Crippen molar-refractivity contribution in [2.24, 2.45) is 0 Å². The Hall–Kier alpha value is -3.02. The van der Waals surface area contributed by atoms with Gasteiger partial charge in [0.2, 0.25) is 0 Å². The van der Waals surface area contributed by atoms with Crippen LogP contribution >= 0.6 is 0 Å². The molecule has 0 atom stereocenters. The van der Waals surface area contributed by atoms with E-state index in [0.717, 1.165) is 11.1 Å². The van der Waals surface area contributed by atoms with Crippen LogP contribution in [0.2, 0.25) is 0 Å². The van der Waals surface area contributed by atoms with Crippen LogP contribution in [0.3, 0.4) is 0 Å². The van der Waals surface area contributed by atoms with Crippen LogP contribution in [0.5, 0.6) is 11.5 Å². The van der Waals surface area contributed by atoms with Crippen molar-refractivity contribution in [2.45, 2.75) is 32.6 Å². The first-order valence-corrected chi connectivity index (χ1v) is 9.50. The van der Waals surface area contributed by atoms with Gasteiger partial charge in [0.15, 0.2) is 18.1 Å². The number of hydrogen-bond acceptors (Lipinski definition) is 5. The average molecular weight is 399 g/mol. The molecule has 6 nitrogen and oxygen atoms in total. The third-order valence-electron chi connectivity index (χ3n) is 4.50. The molecule has 2 aromatic rings. The van der Waals surface area contributed by atoms with E-state index in [2.05, 4.69) is 26.1 Å². The quantitative estimate of drug-likeness (QED) is 0.688. The summed E-state index contributed by atoms with van der Waals surface area (Å²) in [6.45, 7) is 6.42. The van der Waals surface area contributed by atoms with E-state index in [4.69, 9.17) is 14.2 Å². The first kappa shape index (κ1) is 22.3. The van der Waals surface area contributed by atoms with E-state index in [0.29, 0.717) is 30.0 Å². The number of amides is 1. The van der Waals surface area contributed by atoms with Gasteiger partial charge >= 0.3 is 5.97 Å². The lowest BCUT2D eigenvalue weighted by Crippen LogP contribution is -2.30. The van der Waals surface area contributed by atoms with Crippen molar-refractivity contribution in [1.82, 2.24) is 5.32 Å². The lowest BCUT2D eigenvalue weighted by atomic mass is 9.87. The summed E-state index contributed by atoms with van der Waals surface area (Å²) in [5, 5.41) is 2.74. The second kappa shape index (κ2) is 9.96. The van der Waals surface area contributed by atoms with E-state index in [1.807, 2.05) is 30.3 Å². The summed E-state index contributed by atoms with van der Waals surface area (Å²) in [4.78, 5) is 24.1. The Balaban J connectivity index is 1.77. The summed E-state index contributed by atoms with van der Waals surface area (Å²) < 4.78 is 15.6. The van der Waals surface area contributed by atoms with Crippen LogP contribution in [0.15, 0.2) is 42.5 Å². The third kappa shape index (κ3) is 6.52. The topological polar surface area (TPSA) is 73.9 Å². The van der Waals surface area contributed by atoms with Crippen LogP contribution in [-0.2, 0) is 21.4 Å². The smallest absolute Gasteiger partial charge is 0.338 e. The molecule has 1 N–H and O–H groups in total. The zero-order chi connectivity index (χ0) is 21.4. The molecule has 0 spiro atoms. The minimum absolute atomic E-state index is 0.0101. The number of carbonyl (C=O) groups is 2. The lowest BCUT2D eigenvalue weighted by molar-refractivity contribution is -0.124. The molecule has 2 rings (SSSR count). The molecule has 0 radical (unpaired) electrons. The van der Waals surface area contributed by atoms with Crippen LogP contribution in [0, 0.1) is 0 Å². The van der Waals surface area contributed by atoms with Crippen molar-refractivity contribution in [1.29, 1.82) is 0 Å². The Labute approximate surface area is 172 Å². The number of benzene rings is 2. The average Bonchev–Trinajstić information content (AvgIpc) is 2.71. The summed E-state index contributed by atoms with van der Waals surface area (Å²) in [5.74, 6) is 0.441. The number of esters is 1. The molecule has 6 heteroatoms. The van der Waals surface area contributed by atoms with E-state index in [1.54, 1.807) is 26.4 Å². The number of hydrogen-bond donors (Lipinski definition) is 1. The number of nitrogens with one attached hydrogen (secondary N) is 1. The summed E-state index contributed by atoms with van der Waals surface area (Å²) in [7, 11) is 3.16. The van der Waals surface area contributed by atoms with Gasteiger partial charge in [-0.25, -0.2) is 4.79 Å². The van der Waals surface area contributed by atoms with Crippen LogP contribution in [0.4, 0.5) is 0 Å². The zero-order valence-corrected chi connectivity index (χ0v) is 17.7. The van der Waals surface area contributed by atoms with Crippen LogP contribution in [0.25, 0.3) is 0 Å². The molecule has 0 bridgehead atoms. The number of carbonyl (C=O) groups excluding carboxylic acids is 2. The molecule has 0 aliphatic heterocycles. The third-order valence-corrected chi connectivity index (χ3v) is 4.50. The molecule has 0 aromatic heterocycles.